The van der Waals surface area contributed by atoms with Crippen molar-refractivity contribution in [3.05, 3.63) is 46.6 Å². The van der Waals surface area contributed by atoms with E-state index in [4.69, 9.17) is 16.1 Å². The minimum absolute atomic E-state index is 0.180. The van der Waals surface area contributed by atoms with Gasteiger partial charge in [-0.3, -0.25) is 4.72 Å². The molecule has 26 heavy (non-hydrogen) atoms. The first-order chi connectivity index (χ1) is 12.5. The molecule has 1 N–H and O–H groups in total. The number of rotatable bonds is 5. The third-order valence-electron chi connectivity index (χ3n) is 4.32. The maximum atomic E-state index is 12.6. The van der Waals surface area contributed by atoms with Crippen LogP contribution in [0.25, 0.3) is 11.4 Å². The van der Waals surface area contributed by atoms with E-state index in [1.807, 2.05) is 0 Å². The van der Waals surface area contributed by atoms with Crippen LogP contribution < -0.4 is 4.72 Å². The van der Waals surface area contributed by atoms with Gasteiger partial charge in [0.2, 0.25) is 11.7 Å². The van der Waals surface area contributed by atoms with Gasteiger partial charge in [0.15, 0.2) is 0 Å². The molecule has 4 rings (SSSR count). The lowest BCUT2D eigenvalue weighted by Gasteiger charge is -2.06. The molecule has 2 aromatic heterocycles. The molecular formula is C17H16ClN3O3S2. The van der Waals surface area contributed by atoms with Crippen LogP contribution in [0.4, 0.5) is 5.69 Å². The minimum Gasteiger partial charge on any atom is -0.339 e. The Morgan fingerprint density at radius 1 is 1.23 bits per heavy atom. The molecule has 0 amide bonds. The van der Waals surface area contributed by atoms with Crippen molar-refractivity contribution in [2.45, 2.75) is 35.8 Å². The van der Waals surface area contributed by atoms with Gasteiger partial charge in [-0.05, 0) is 37.1 Å². The molecule has 0 unspecified atom stereocenters. The van der Waals surface area contributed by atoms with Crippen molar-refractivity contribution in [3.8, 4) is 11.4 Å². The standard InChI is InChI=1S/C17H16ClN3O3S2/c18-13-6-3-7-14(9-13)21-26(22,23)15-8-12(10-25-15)16-19-17(24-20-16)11-4-1-2-5-11/h3,6-11,21H,1-2,4-5H2. The van der Waals surface area contributed by atoms with Gasteiger partial charge < -0.3 is 4.52 Å². The van der Waals surface area contributed by atoms with E-state index >= 15 is 0 Å². The van der Waals surface area contributed by atoms with Gasteiger partial charge in [0, 0.05) is 21.9 Å². The molecule has 3 aromatic rings. The number of anilines is 1. The quantitative estimate of drug-likeness (QED) is 0.647. The Morgan fingerprint density at radius 2 is 2.04 bits per heavy atom. The topological polar surface area (TPSA) is 85.1 Å². The van der Waals surface area contributed by atoms with Crippen LogP contribution in [-0.2, 0) is 10.0 Å². The molecule has 136 valence electrons. The second kappa shape index (κ2) is 7.02. The van der Waals surface area contributed by atoms with E-state index in [0.717, 1.165) is 24.2 Å². The fourth-order valence-corrected chi connectivity index (χ4v) is 5.42. The summed E-state index contributed by atoms with van der Waals surface area (Å²) in [5.41, 5.74) is 1.05. The zero-order valence-electron chi connectivity index (χ0n) is 13.7. The van der Waals surface area contributed by atoms with Gasteiger partial charge in [0.25, 0.3) is 10.0 Å². The molecule has 1 aliphatic rings. The Hall–Kier alpha value is -1.90. The predicted molar refractivity (Wildman–Crippen MR) is 101 cm³/mol. The monoisotopic (exact) mass is 409 g/mol. The Bertz CT molecular complexity index is 1020. The Labute approximate surface area is 160 Å². The Kier molecular flexibility index (Phi) is 4.73. The van der Waals surface area contributed by atoms with Gasteiger partial charge in [-0.2, -0.15) is 4.98 Å². The van der Waals surface area contributed by atoms with Crippen LogP contribution >= 0.6 is 22.9 Å². The lowest BCUT2D eigenvalue weighted by atomic mass is 10.1. The van der Waals surface area contributed by atoms with E-state index in [1.165, 1.54) is 12.8 Å². The highest BCUT2D eigenvalue weighted by Gasteiger charge is 2.24. The van der Waals surface area contributed by atoms with Gasteiger partial charge >= 0.3 is 0 Å². The fraction of sp³-hybridized carbons (Fsp3) is 0.294. The van der Waals surface area contributed by atoms with Crippen molar-refractivity contribution >= 4 is 38.6 Å². The first-order valence-electron chi connectivity index (χ1n) is 8.22. The molecule has 0 radical (unpaired) electrons. The summed E-state index contributed by atoms with van der Waals surface area (Å²) in [7, 11) is -3.70. The molecule has 0 atom stereocenters. The molecule has 9 heteroatoms. The summed E-state index contributed by atoms with van der Waals surface area (Å²) >= 11 is 7.01. The second-order valence-electron chi connectivity index (χ2n) is 6.21. The van der Waals surface area contributed by atoms with Crippen LogP contribution in [0, 0.1) is 0 Å². The van der Waals surface area contributed by atoms with Crippen LogP contribution in [-0.4, -0.2) is 18.6 Å². The summed E-state index contributed by atoms with van der Waals surface area (Å²) in [6.07, 6.45) is 4.49. The lowest BCUT2D eigenvalue weighted by Crippen LogP contribution is -2.11. The van der Waals surface area contributed by atoms with E-state index < -0.39 is 10.0 Å². The van der Waals surface area contributed by atoms with Crippen LogP contribution in [0.15, 0.2) is 44.4 Å². The van der Waals surface area contributed by atoms with Crippen LogP contribution in [0.1, 0.15) is 37.5 Å². The zero-order chi connectivity index (χ0) is 18.1. The zero-order valence-corrected chi connectivity index (χ0v) is 16.1. The Morgan fingerprint density at radius 3 is 2.81 bits per heavy atom. The van der Waals surface area contributed by atoms with E-state index in [9.17, 15) is 8.42 Å². The molecular weight excluding hydrogens is 394 g/mol. The summed E-state index contributed by atoms with van der Waals surface area (Å²) in [6, 6.07) is 8.12. The van der Waals surface area contributed by atoms with E-state index in [-0.39, 0.29) is 4.21 Å². The van der Waals surface area contributed by atoms with E-state index in [2.05, 4.69) is 14.9 Å². The molecule has 6 nitrogen and oxygen atoms in total. The van der Waals surface area contributed by atoms with Gasteiger partial charge in [-0.25, -0.2) is 8.42 Å². The largest absolute Gasteiger partial charge is 0.339 e. The highest BCUT2D eigenvalue weighted by Crippen LogP contribution is 2.35. The molecule has 1 aromatic carbocycles. The van der Waals surface area contributed by atoms with Gasteiger partial charge in [0.1, 0.15) is 4.21 Å². The maximum Gasteiger partial charge on any atom is 0.271 e. The average Bonchev–Trinajstić information content (AvgIpc) is 3.34. The summed E-state index contributed by atoms with van der Waals surface area (Å²) in [6.45, 7) is 0. The van der Waals surface area contributed by atoms with Crippen molar-refractivity contribution in [1.29, 1.82) is 0 Å². The van der Waals surface area contributed by atoms with Crippen molar-refractivity contribution < 1.29 is 12.9 Å². The molecule has 0 bridgehead atoms. The number of halogens is 1. The number of sulfonamides is 1. The third-order valence-corrected chi connectivity index (χ3v) is 7.38. The summed E-state index contributed by atoms with van der Waals surface area (Å²) in [5, 5.41) is 6.19. The number of nitrogens with one attached hydrogen (secondary N) is 1. The highest BCUT2D eigenvalue weighted by molar-refractivity contribution is 7.94. The first kappa shape index (κ1) is 17.5. The molecule has 2 heterocycles. The summed E-state index contributed by atoms with van der Waals surface area (Å²) < 4.78 is 33.2. The number of hydrogen-bond acceptors (Lipinski definition) is 6. The predicted octanol–water partition coefficient (Wildman–Crippen LogP) is 4.91. The minimum atomic E-state index is -3.70. The number of thiophene rings is 1. The molecule has 0 spiro atoms. The number of aromatic nitrogens is 2. The van der Waals surface area contributed by atoms with Crippen LogP contribution in [0.2, 0.25) is 5.02 Å². The van der Waals surface area contributed by atoms with Crippen molar-refractivity contribution in [2.24, 2.45) is 0 Å². The smallest absolute Gasteiger partial charge is 0.271 e. The van der Waals surface area contributed by atoms with Gasteiger partial charge in [-0.15, -0.1) is 11.3 Å². The Balaban J connectivity index is 1.55. The second-order valence-corrected chi connectivity index (χ2v) is 9.46. The van der Waals surface area contributed by atoms with Crippen molar-refractivity contribution in [1.82, 2.24) is 10.1 Å². The third kappa shape index (κ3) is 3.62. The lowest BCUT2D eigenvalue weighted by molar-refractivity contribution is 0.354. The van der Waals surface area contributed by atoms with Crippen molar-refractivity contribution in [2.75, 3.05) is 4.72 Å². The number of benzene rings is 1. The number of nitrogens with zero attached hydrogens (tertiary/aromatic N) is 2. The van der Waals surface area contributed by atoms with Crippen molar-refractivity contribution in [3.63, 3.8) is 0 Å². The SMILES string of the molecule is O=S(=O)(Nc1cccc(Cl)c1)c1cc(-c2noc(C3CCCC3)n2)cs1. The summed E-state index contributed by atoms with van der Waals surface area (Å²) in [5.74, 6) is 1.39. The molecule has 1 aliphatic carbocycles. The maximum absolute atomic E-state index is 12.6. The molecule has 0 saturated heterocycles. The molecule has 1 fully saturated rings. The normalized spacial score (nSPS) is 15.4. The van der Waals surface area contributed by atoms with E-state index in [1.54, 1.807) is 35.7 Å². The number of hydrogen-bond donors (Lipinski definition) is 1. The highest BCUT2D eigenvalue weighted by atomic mass is 35.5. The summed E-state index contributed by atoms with van der Waals surface area (Å²) in [4.78, 5) is 4.45. The fourth-order valence-electron chi connectivity index (χ4n) is 3.02. The molecule has 0 aliphatic heterocycles. The van der Waals surface area contributed by atoms with E-state index in [0.29, 0.717) is 33.9 Å². The van der Waals surface area contributed by atoms with Gasteiger partial charge in [0.05, 0.1) is 5.69 Å². The van der Waals surface area contributed by atoms with Crippen LogP contribution in [0.3, 0.4) is 0 Å². The van der Waals surface area contributed by atoms with Crippen LogP contribution in [0.5, 0.6) is 0 Å². The van der Waals surface area contributed by atoms with Gasteiger partial charge in [-0.1, -0.05) is 35.7 Å². The first-order valence-corrected chi connectivity index (χ1v) is 11.0. The average molecular weight is 410 g/mol. The molecule has 1 saturated carbocycles.